The van der Waals surface area contributed by atoms with Gasteiger partial charge in [0.05, 0.1) is 19.9 Å². The maximum Gasteiger partial charge on any atom is 0.357 e. The van der Waals surface area contributed by atoms with Gasteiger partial charge in [-0.1, -0.05) is 0 Å². The van der Waals surface area contributed by atoms with Crippen LogP contribution in [-0.4, -0.2) is 34.4 Å². The number of furan rings is 1. The summed E-state index contributed by atoms with van der Waals surface area (Å²) in [5, 5.41) is 2.29. The number of carbonyl (C=O) groups excluding carboxylic acids is 2. The van der Waals surface area contributed by atoms with Gasteiger partial charge in [0.25, 0.3) is 5.91 Å². The molecule has 2 rings (SSSR count). The summed E-state index contributed by atoms with van der Waals surface area (Å²) in [5.74, 6) is -0.422. The van der Waals surface area contributed by atoms with Crippen molar-refractivity contribution in [3.63, 3.8) is 0 Å². The minimum absolute atomic E-state index is 0.215. The Hall–Kier alpha value is -2.15. The maximum atomic E-state index is 12.6. The molecule has 0 spiro atoms. The lowest BCUT2D eigenvalue weighted by Gasteiger charge is -2.34. The molecule has 2 heterocycles. The molecule has 7 heteroatoms. The molecule has 0 radical (unpaired) electrons. The van der Waals surface area contributed by atoms with Gasteiger partial charge in [0.15, 0.2) is 11.5 Å². The molecular weight excluding hydrogens is 304 g/mol. The van der Waals surface area contributed by atoms with Crippen molar-refractivity contribution >= 4 is 23.2 Å². The quantitative estimate of drug-likeness (QED) is 0.809. The number of rotatable bonds is 4. The standard InChI is InChI=1S/C15H18N2O4S/c1-15(2,3)17(13(18)11-6-5-7-21-11)8-12-16-10(9-22-12)14(19)20-4/h5-7,9H,8H2,1-4H3. The zero-order chi connectivity index (χ0) is 16.3. The summed E-state index contributed by atoms with van der Waals surface area (Å²) in [6.45, 7) is 6.10. The van der Waals surface area contributed by atoms with Gasteiger partial charge in [0.1, 0.15) is 5.01 Å². The van der Waals surface area contributed by atoms with Gasteiger partial charge in [-0.15, -0.1) is 11.3 Å². The van der Waals surface area contributed by atoms with Gasteiger partial charge in [-0.25, -0.2) is 9.78 Å². The number of nitrogens with zero attached hydrogens (tertiary/aromatic N) is 2. The fraction of sp³-hybridized carbons (Fsp3) is 0.400. The zero-order valence-electron chi connectivity index (χ0n) is 13.0. The van der Waals surface area contributed by atoms with E-state index in [1.807, 2.05) is 20.8 Å². The van der Waals surface area contributed by atoms with Crippen molar-refractivity contribution in [2.24, 2.45) is 0 Å². The van der Waals surface area contributed by atoms with Crippen molar-refractivity contribution in [3.8, 4) is 0 Å². The van der Waals surface area contributed by atoms with Crippen molar-refractivity contribution in [1.29, 1.82) is 0 Å². The van der Waals surface area contributed by atoms with Crippen LogP contribution < -0.4 is 0 Å². The first-order valence-corrected chi connectivity index (χ1v) is 7.59. The number of thiazole rings is 1. The van der Waals surface area contributed by atoms with E-state index >= 15 is 0 Å². The van der Waals surface area contributed by atoms with Gasteiger partial charge in [0, 0.05) is 10.9 Å². The molecule has 0 bridgehead atoms. The third kappa shape index (κ3) is 3.54. The minimum Gasteiger partial charge on any atom is -0.464 e. The monoisotopic (exact) mass is 322 g/mol. The van der Waals surface area contributed by atoms with E-state index in [0.29, 0.717) is 11.6 Å². The summed E-state index contributed by atoms with van der Waals surface area (Å²) in [5.41, 5.74) is -0.164. The molecule has 2 aromatic rings. The number of carbonyl (C=O) groups is 2. The summed E-state index contributed by atoms with van der Waals surface area (Å²) in [4.78, 5) is 29.9. The molecule has 0 atom stereocenters. The number of esters is 1. The summed E-state index contributed by atoms with van der Waals surface area (Å²) < 4.78 is 9.83. The Labute approximate surface area is 132 Å². The lowest BCUT2D eigenvalue weighted by Crippen LogP contribution is -2.45. The van der Waals surface area contributed by atoms with E-state index in [0.717, 1.165) is 0 Å². The van der Waals surface area contributed by atoms with Crippen LogP contribution in [0.2, 0.25) is 0 Å². The lowest BCUT2D eigenvalue weighted by atomic mass is 10.1. The third-order valence-corrected chi connectivity index (χ3v) is 3.86. The topological polar surface area (TPSA) is 72.6 Å². The van der Waals surface area contributed by atoms with Gasteiger partial charge in [-0.3, -0.25) is 4.79 Å². The van der Waals surface area contributed by atoms with Crippen LogP contribution in [0.4, 0.5) is 0 Å². The molecule has 22 heavy (non-hydrogen) atoms. The molecule has 0 aromatic carbocycles. The van der Waals surface area contributed by atoms with Gasteiger partial charge in [0.2, 0.25) is 0 Å². The van der Waals surface area contributed by atoms with Crippen LogP contribution in [0, 0.1) is 0 Å². The second-order valence-corrected chi connectivity index (χ2v) is 6.60. The van der Waals surface area contributed by atoms with Crippen molar-refractivity contribution in [3.05, 3.63) is 40.2 Å². The summed E-state index contributed by atoms with van der Waals surface area (Å²) in [6.07, 6.45) is 1.47. The molecule has 1 amide bonds. The Morgan fingerprint density at radius 1 is 1.41 bits per heavy atom. The number of ether oxygens (including phenoxy) is 1. The van der Waals surface area contributed by atoms with Crippen molar-refractivity contribution < 1.29 is 18.7 Å². The molecule has 0 aliphatic heterocycles. The van der Waals surface area contributed by atoms with E-state index in [1.165, 1.54) is 24.7 Å². The molecule has 2 aromatic heterocycles. The van der Waals surface area contributed by atoms with Crippen molar-refractivity contribution in [2.45, 2.75) is 32.9 Å². The highest BCUT2D eigenvalue weighted by atomic mass is 32.1. The first-order valence-electron chi connectivity index (χ1n) is 6.71. The fourth-order valence-electron chi connectivity index (χ4n) is 1.86. The largest absolute Gasteiger partial charge is 0.464 e. The number of aromatic nitrogens is 1. The predicted octanol–water partition coefficient (Wildman–Crippen LogP) is 2.96. The fourth-order valence-corrected chi connectivity index (χ4v) is 2.62. The Balaban J connectivity index is 2.23. The molecular formula is C15H18N2O4S. The van der Waals surface area contributed by atoms with Crippen molar-refractivity contribution in [2.75, 3.05) is 7.11 Å². The normalized spacial score (nSPS) is 11.3. The average molecular weight is 322 g/mol. The molecule has 0 saturated carbocycles. The van der Waals surface area contributed by atoms with E-state index in [4.69, 9.17) is 4.42 Å². The first-order chi connectivity index (χ1) is 10.3. The van der Waals surface area contributed by atoms with E-state index in [-0.39, 0.29) is 17.4 Å². The maximum absolute atomic E-state index is 12.6. The number of amides is 1. The highest BCUT2D eigenvalue weighted by Crippen LogP contribution is 2.22. The lowest BCUT2D eigenvalue weighted by molar-refractivity contribution is 0.0525. The first kappa shape index (κ1) is 16.2. The van der Waals surface area contributed by atoms with Gasteiger partial charge in [-0.05, 0) is 32.9 Å². The zero-order valence-corrected chi connectivity index (χ0v) is 13.8. The van der Waals surface area contributed by atoms with Crippen LogP contribution in [-0.2, 0) is 11.3 Å². The van der Waals surface area contributed by atoms with E-state index < -0.39 is 11.5 Å². The summed E-state index contributed by atoms with van der Waals surface area (Å²) in [7, 11) is 1.31. The molecule has 6 nitrogen and oxygen atoms in total. The summed E-state index contributed by atoms with van der Waals surface area (Å²) in [6, 6.07) is 3.30. The molecule has 0 fully saturated rings. The van der Waals surface area contributed by atoms with E-state index in [1.54, 1.807) is 22.4 Å². The number of hydrogen-bond donors (Lipinski definition) is 0. The third-order valence-electron chi connectivity index (χ3n) is 3.03. The van der Waals surface area contributed by atoms with Crippen LogP contribution in [0.3, 0.4) is 0 Å². The van der Waals surface area contributed by atoms with Crippen LogP contribution in [0.25, 0.3) is 0 Å². The summed E-state index contributed by atoms with van der Waals surface area (Å²) >= 11 is 1.32. The smallest absolute Gasteiger partial charge is 0.357 e. The second-order valence-electron chi connectivity index (χ2n) is 5.66. The van der Waals surface area contributed by atoms with Gasteiger partial charge < -0.3 is 14.1 Å². The highest BCUT2D eigenvalue weighted by molar-refractivity contribution is 7.09. The Morgan fingerprint density at radius 3 is 2.68 bits per heavy atom. The average Bonchev–Trinajstić information content (AvgIpc) is 3.13. The predicted molar refractivity (Wildman–Crippen MR) is 81.8 cm³/mol. The van der Waals surface area contributed by atoms with Crippen LogP contribution in [0.5, 0.6) is 0 Å². The number of hydrogen-bond acceptors (Lipinski definition) is 6. The molecule has 0 aliphatic rings. The van der Waals surface area contributed by atoms with E-state index in [9.17, 15) is 9.59 Å². The van der Waals surface area contributed by atoms with Crippen LogP contribution in [0.15, 0.2) is 28.2 Å². The second kappa shape index (κ2) is 6.31. The van der Waals surface area contributed by atoms with Gasteiger partial charge in [-0.2, -0.15) is 0 Å². The highest BCUT2D eigenvalue weighted by Gasteiger charge is 2.30. The number of methoxy groups -OCH3 is 1. The molecule has 0 aliphatic carbocycles. The minimum atomic E-state index is -0.484. The van der Waals surface area contributed by atoms with Crippen LogP contribution in [0.1, 0.15) is 46.8 Å². The molecule has 0 saturated heterocycles. The van der Waals surface area contributed by atoms with Crippen LogP contribution >= 0.6 is 11.3 Å². The molecule has 0 N–H and O–H groups in total. The SMILES string of the molecule is COC(=O)c1csc(CN(C(=O)c2ccco2)C(C)(C)C)n1. The molecule has 118 valence electrons. The van der Waals surface area contributed by atoms with E-state index in [2.05, 4.69) is 9.72 Å². The Morgan fingerprint density at radius 2 is 2.14 bits per heavy atom. The molecule has 0 unspecified atom stereocenters. The Bertz CT molecular complexity index is 655. The van der Waals surface area contributed by atoms with Crippen molar-refractivity contribution in [1.82, 2.24) is 9.88 Å². The Kier molecular flexibility index (Phi) is 4.65. The van der Waals surface area contributed by atoms with Gasteiger partial charge >= 0.3 is 5.97 Å².